The lowest BCUT2D eigenvalue weighted by atomic mass is 9.68. The van der Waals surface area contributed by atoms with Crippen LogP contribution in [-0.4, -0.2) is 66.0 Å². The number of benzene rings is 2. The molecule has 212 valence electrons. The van der Waals surface area contributed by atoms with Crippen molar-refractivity contribution in [1.29, 1.82) is 0 Å². The summed E-state index contributed by atoms with van der Waals surface area (Å²) in [6.07, 6.45) is -3.55. The maximum absolute atomic E-state index is 11.6. The van der Waals surface area contributed by atoms with Gasteiger partial charge in [0.1, 0.15) is 36.6 Å². The van der Waals surface area contributed by atoms with Crippen molar-refractivity contribution in [3.8, 4) is 0 Å². The van der Waals surface area contributed by atoms with E-state index < -0.39 is 50.7 Å². The summed E-state index contributed by atoms with van der Waals surface area (Å²) in [6, 6.07) is 20.5. The highest BCUT2D eigenvalue weighted by Crippen LogP contribution is 2.73. The minimum Gasteiger partial charge on any atom is -0.399 e. The van der Waals surface area contributed by atoms with Gasteiger partial charge in [-0.05, 0) is 39.6 Å². The van der Waals surface area contributed by atoms with E-state index in [4.69, 9.17) is 13.9 Å². The average molecular weight is 553 g/mol. The molecular weight excluding hydrogens is 508 g/mol. The minimum atomic E-state index is -3.09. The van der Waals surface area contributed by atoms with Gasteiger partial charge >= 0.3 is 0 Å². The van der Waals surface area contributed by atoms with Gasteiger partial charge in [0.15, 0.2) is 5.79 Å². The molecule has 1 aliphatic heterocycles. The number of hydrogen-bond acceptors (Lipinski definition) is 6. The van der Waals surface area contributed by atoms with Gasteiger partial charge in [-0.15, -0.1) is 0 Å². The second-order valence-corrected chi connectivity index (χ2v) is 18.4. The summed E-state index contributed by atoms with van der Waals surface area (Å²) >= 11 is 0. The molecule has 2 aromatic rings. The second kappa shape index (κ2) is 8.96. The molecule has 4 fully saturated rings. The highest BCUT2D eigenvalue weighted by Gasteiger charge is 2.76. The van der Waals surface area contributed by atoms with Crippen LogP contribution in [0, 0.1) is 16.7 Å². The van der Waals surface area contributed by atoms with Crippen LogP contribution < -0.4 is 10.4 Å². The summed E-state index contributed by atoms with van der Waals surface area (Å²) in [5.74, 6) is -0.433. The molecule has 3 saturated carbocycles. The first-order valence-corrected chi connectivity index (χ1v) is 16.4. The van der Waals surface area contributed by atoms with Crippen molar-refractivity contribution in [3.05, 3.63) is 60.7 Å². The van der Waals surface area contributed by atoms with Crippen molar-refractivity contribution in [2.45, 2.75) is 108 Å². The smallest absolute Gasteiger partial charge is 0.261 e. The molecule has 1 saturated heterocycles. The lowest BCUT2D eigenvalue weighted by Gasteiger charge is -2.50. The highest BCUT2D eigenvalue weighted by atomic mass is 28.4. The molecule has 6 nitrogen and oxygen atoms in total. The van der Waals surface area contributed by atoms with Crippen LogP contribution in [0.2, 0.25) is 5.04 Å². The normalized spacial score (nSPS) is 41.2. The van der Waals surface area contributed by atoms with Gasteiger partial charge in [0.2, 0.25) is 0 Å². The third-order valence-electron chi connectivity index (χ3n) is 11.2. The molecule has 6 rings (SSSR count). The van der Waals surface area contributed by atoms with Crippen molar-refractivity contribution in [2.75, 3.05) is 0 Å². The predicted molar refractivity (Wildman–Crippen MR) is 152 cm³/mol. The number of aliphatic hydroxyl groups excluding tert-OH is 3. The molecule has 9 atom stereocenters. The van der Waals surface area contributed by atoms with Crippen molar-refractivity contribution in [3.63, 3.8) is 0 Å². The number of rotatable bonds is 4. The number of fused-ring (bicyclic) bond motifs is 4. The number of ether oxygens (including phenoxy) is 2. The van der Waals surface area contributed by atoms with E-state index >= 15 is 0 Å². The first kappa shape index (κ1) is 27.6. The predicted octanol–water partition coefficient (Wildman–Crippen LogP) is 3.35. The van der Waals surface area contributed by atoms with Gasteiger partial charge in [-0.3, -0.25) is 0 Å². The van der Waals surface area contributed by atoms with Crippen LogP contribution in [0.4, 0.5) is 0 Å². The summed E-state index contributed by atoms with van der Waals surface area (Å²) in [5.41, 5.74) is -0.239. The summed E-state index contributed by atoms with van der Waals surface area (Å²) in [5, 5.41) is 35.7. The van der Waals surface area contributed by atoms with Crippen LogP contribution in [0.15, 0.2) is 60.7 Å². The Balaban J connectivity index is 1.47. The molecule has 1 unspecified atom stereocenters. The Bertz CT molecular complexity index is 1160. The van der Waals surface area contributed by atoms with Gasteiger partial charge in [0, 0.05) is 11.8 Å². The fraction of sp³-hybridized carbons (Fsp3) is 0.625. The zero-order chi connectivity index (χ0) is 28.0. The second-order valence-electron chi connectivity index (χ2n) is 14.1. The average Bonchev–Trinajstić information content (AvgIpc) is 3.45. The number of aliphatic hydroxyl groups is 3. The summed E-state index contributed by atoms with van der Waals surface area (Å²) < 4.78 is 21.1. The fourth-order valence-corrected chi connectivity index (χ4v) is 13.2. The molecule has 3 aliphatic carbocycles. The fourth-order valence-electron chi connectivity index (χ4n) is 8.48. The van der Waals surface area contributed by atoms with Gasteiger partial charge in [-0.25, -0.2) is 0 Å². The van der Waals surface area contributed by atoms with E-state index in [0.717, 1.165) is 29.6 Å². The van der Waals surface area contributed by atoms with Crippen LogP contribution in [0.25, 0.3) is 0 Å². The lowest BCUT2D eigenvalue weighted by Crippen LogP contribution is -2.72. The Hall–Kier alpha value is -1.58. The maximum Gasteiger partial charge on any atom is 0.261 e. The quantitative estimate of drug-likeness (QED) is 0.505. The Morgan fingerprint density at radius 2 is 1.33 bits per heavy atom. The van der Waals surface area contributed by atoms with Crippen molar-refractivity contribution >= 4 is 18.7 Å². The largest absolute Gasteiger partial charge is 0.399 e. The maximum atomic E-state index is 11.6. The van der Waals surface area contributed by atoms with E-state index in [-0.39, 0.29) is 15.9 Å². The number of hydrogen-bond donors (Lipinski definition) is 3. The van der Waals surface area contributed by atoms with Crippen molar-refractivity contribution in [2.24, 2.45) is 16.7 Å². The van der Waals surface area contributed by atoms with Gasteiger partial charge in [0.05, 0.1) is 0 Å². The molecule has 1 spiro atoms. The van der Waals surface area contributed by atoms with Gasteiger partial charge in [-0.2, -0.15) is 0 Å². The Labute approximate surface area is 233 Å². The Morgan fingerprint density at radius 3 is 1.79 bits per heavy atom. The van der Waals surface area contributed by atoms with E-state index in [1.807, 2.05) is 36.4 Å². The lowest BCUT2D eigenvalue weighted by molar-refractivity contribution is -0.256. The first-order chi connectivity index (χ1) is 18.3. The van der Waals surface area contributed by atoms with Crippen LogP contribution in [0.3, 0.4) is 0 Å². The zero-order valence-electron chi connectivity index (χ0n) is 24.0. The van der Waals surface area contributed by atoms with E-state index in [2.05, 4.69) is 65.8 Å². The molecule has 0 radical (unpaired) electrons. The molecule has 0 aromatic heterocycles. The molecule has 39 heavy (non-hydrogen) atoms. The standard InChI is InChI=1S/C32H44O6Si/c1-29(2,3)39(21-13-9-7-10-14-21,22-15-11-8-12-16-22)38-27-25(35)23(33)24(34)26-28(27)37-32(36-26)19-20-17-18-31(32,6)30(20,4)5/h7-16,20,23-28,33-35H,17-19H2,1-6H3/t20-,23+,24+,25-,26-,27+,28-,31-,32?/m1/s1. The van der Waals surface area contributed by atoms with Gasteiger partial charge in [0.25, 0.3) is 8.32 Å². The van der Waals surface area contributed by atoms with Gasteiger partial charge in [-0.1, -0.05) is 102 Å². The first-order valence-electron chi connectivity index (χ1n) is 14.5. The van der Waals surface area contributed by atoms with Crippen molar-refractivity contribution < 1.29 is 29.2 Å². The molecule has 7 heteroatoms. The van der Waals surface area contributed by atoms with Gasteiger partial charge < -0.3 is 29.2 Å². The monoisotopic (exact) mass is 552 g/mol. The Morgan fingerprint density at radius 1 is 0.795 bits per heavy atom. The molecule has 3 N–H and O–H groups in total. The Kier molecular flexibility index (Phi) is 6.33. The zero-order valence-corrected chi connectivity index (χ0v) is 25.0. The van der Waals surface area contributed by atoms with Crippen molar-refractivity contribution in [1.82, 2.24) is 0 Å². The summed E-state index contributed by atoms with van der Waals surface area (Å²) in [7, 11) is -3.09. The molecular formula is C32H44O6Si. The molecule has 2 aromatic carbocycles. The topological polar surface area (TPSA) is 88.4 Å². The molecule has 0 amide bonds. The molecule has 4 aliphatic rings. The van der Waals surface area contributed by atoms with E-state index in [1.165, 1.54) is 0 Å². The molecule has 2 bridgehead atoms. The minimum absolute atomic E-state index is 0.0109. The summed E-state index contributed by atoms with van der Waals surface area (Å²) in [4.78, 5) is 0. The van der Waals surface area contributed by atoms with E-state index in [0.29, 0.717) is 5.92 Å². The van der Waals surface area contributed by atoms with E-state index in [1.54, 1.807) is 0 Å². The van der Waals surface area contributed by atoms with Crippen LogP contribution >= 0.6 is 0 Å². The third-order valence-corrected chi connectivity index (χ3v) is 16.2. The van der Waals surface area contributed by atoms with Crippen LogP contribution in [-0.2, 0) is 13.9 Å². The highest BCUT2D eigenvalue weighted by molar-refractivity contribution is 6.99. The third kappa shape index (κ3) is 3.60. The van der Waals surface area contributed by atoms with Crippen LogP contribution in [0.5, 0.6) is 0 Å². The molecule has 1 heterocycles. The summed E-state index contributed by atoms with van der Waals surface area (Å²) in [6.45, 7) is 13.4. The van der Waals surface area contributed by atoms with E-state index in [9.17, 15) is 15.3 Å². The van der Waals surface area contributed by atoms with Crippen LogP contribution in [0.1, 0.15) is 60.8 Å². The SMILES string of the molecule is CC1(C)[C@@H]2CC[C@@]1(C)C1(C2)O[C@@H]2[C@H](O1)[C@@H](O)[C@H](O)[C@@H](O)[C@@H]2O[Si](c1ccccc1)(c1ccccc1)C(C)(C)C.